The summed E-state index contributed by atoms with van der Waals surface area (Å²) >= 11 is 11.9. The van der Waals surface area contributed by atoms with Crippen LogP contribution in [-0.4, -0.2) is 29.7 Å². The van der Waals surface area contributed by atoms with Gasteiger partial charge in [-0.2, -0.15) is 0 Å². The molecule has 114 valence electrons. The molecule has 1 fully saturated rings. The van der Waals surface area contributed by atoms with E-state index in [0.29, 0.717) is 28.6 Å². The maximum Gasteiger partial charge on any atom is 0.222 e. The first-order chi connectivity index (χ1) is 9.78. The van der Waals surface area contributed by atoms with Gasteiger partial charge in [0, 0.05) is 23.6 Å². The third kappa shape index (κ3) is 4.21. The van der Waals surface area contributed by atoms with Gasteiger partial charge in [0.15, 0.2) is 5.78 Å². The van der Waals surface area contributed by atoms with Crippen LogP contribution in [0.5, 0.6) is 0 Å². The standard InChI is InChI=1S/C16H19Cl2NO2/c1-16(2)6-5-15(21)19(8-7-16)10-14(20)12-9-11(17)3-4-13(12)18/h3-4,9H,5-8,10H2,1-2H3. The molecule has 1 aliphatic heterocycles. The Hall–Kier alpha value is -1.06. The first-order valence-corrected chi connectivity index (χ1v) is 7.80. The van der Waals surface area contributed by atoms with Crippen LogP contribution < -0.4 is 0 Å². The van der Waals surface area contributed by atoms with Crippen molar-refractivity contribution in [3.05, 3.63) is 33.8 Å². The SMILES string of the molecule is CC1(C)CCC(=O)N(CC(=O)c2cc(Cl)ccc2Cl)CC1. The first-order valence-electron chi connectivity index (χ1n) is 7.04. The zero-order valence-electron chi connectivity index (χ0n) is 12.3. The number of nitrogens with zero attached hydrogens (tertiary/aromatic N) is 1. The normalized spacial score (nSPS) is 18.5. The van der Waals surface area contributed by atoms with Gasteiger partial charge < -0.3 is 4.90 Å². The van der Waals surface area contributed by atoms with Gasteiger partial charge in [0.1, 0.15) is 0 Å². The number of benzene rings is 1. The number of Topliss-reactive ketones (excluding diaryl/α,β-unsaturated/α-hetero) is 1. The summed E-state index contributed by atoms with van der Waals surface area (Å²) in [5, 5.41) is 0.832. The van der Waals surface area contributed by atoms with Gasteiger partial charge >= 0.3 is 0 Å². The van der Waals surface area contributed by atoms with Gasteiger partial charge in [0.2, 0.25) is 5.91 Å². The van der Waals surface area contributed by atoms with Gasteiger partial charge in [0.05, 0.1) is 11.6 Å². The number of rotatable bonds is 3. The van der Waals surface area contributed by atoms with Crippen LogP contribution in [0.3, 0.4) is 0 Å². The van der Waals surface area contributed by atoms with Crippen LogP contribution in [0, 0.1) is 5.41 Å². The average molecular weight is 328 g/mol. The second-order valence-corrected chi connectivity index (χ2v) is 7.12. The van der Waals surface area contributed by atoms with Crippen LogP contribution in [0.25, 0.3) is 0 Å². The zero-order chi connectivity index (χ0) is 15.6. The number of hydrogen-bond acceptors (Lipinski definition) is 2. The molecule has 0 N–H and O–H groups in total. The summed E-state index contributed by atoms with van der Waals surface area (Å²) in [6, 6.07) is 4.79. The molecule has 0 unspecified atom stereocenters. The monoisotopic (exact) mass is 327 g/mol. The zero-order valence-corrected chi connectivity index (χ0v) is 13.8. The summed E-state index contributed by atoms with van der Waals surface area (Å²) < 4.78 is 0. The van der Waals surface area contributed by atoms with Crippen LogP contribution in [0.2, 0.25) is 10.0 Å². The summed E-state index contributed by atoms with van der Waals surface area (Å²) in [6.45, 7) is 4.98. The molecule has 2 rings (SSSR count). The number of carbonyl (C=O) groups is 2. The minimum absolute atomic E-state index is 0.0343. The van der Waals surface area contributed by atoms with Crippen molar-refractivity contribution < 1.29 is 9.59 Å². The minimum atomic E-state index is -0.171. The van der Waals surface area contributed by atoms with E-state index in [1.165, 1.54) is 0 Å². The molecule has 1 saturated heterocycles. The maximum atomic E-state index is 12.4. The highest BCUT2D eigenvalue weighted by atomic mass is 35.5. The molecular weight excluding hydrogens is 309 g/mol. The van der Waals surface area contributed by atoms with E-state index in [0.717, 1.165) is 12.8 Å². The lowest BCUT2D eigenvalue weighted by atomic mass is 9.85. The van der Waals surface area contributed by atoms with E-state index >= 15 is 0 Å². The molecule has 1 aliphatic rings. The predicted octanol–water partition coefficient (Wildman–Crippen LogP) is 4.21. The Morgan fingerprint density at radius 3 is 2.71 bits per heavy atom. The van der Waals surface area contributed by atoms with Crippen LogP contribution >= 0.6 is 23.2 Å². The molecular formula is C16H19Cl2NO2. The van der Waals surface area contributed by atoms with Crippen LogP contribution in [-0.2, 0) is 4.79 Å². The summed E-state index contributed by atoms with van der Waals surface area (Å²) in [5.74, 6) is -0.136. The highest BCUT2D eigenvalue weighted by molar-refractivity contribution is 6.36. The smallest absolute Gasteiger partial charge is 0.222 e. The fourth-order valence-electron chi connectivity index (χ4n) is 2.43. The highest BCUT2D eigenvalue weighted by Crippen LogP contribution is 2.30. The molecule has 0 radical (unpaired) electrons. The van der Waals surface area contributed by atoms with Crippen LogP contribution in [0.1, 0.15) is 43.5 Å². The van der Waals surface area contributed by atoms with Crippen molar-refractivity contribution in [1.29, 1.82) is 0 Å². The fourth-order valence-corrected chi connectivity index (χ4v) is 2.82. The fraction of sp³-hybridized carbons (Fsp3) is 0.500. The topological polar surface area (TPSA) is 37.4 Å². The van der Waals surface area contributed by atoms with Gasteiger partial charge in [-0.1, -0.05) is 37.0 Å². The van der Waals surface area contributed by atoms with E-state index in [9.17, 15) is 9.59 Å². The number of carbonyl (C=O) groups excluding carboxylic acids is 2. The van der Waals surface area contributed by atoms with E-state index < -0.39 is 0 Å². The lowest BCUT2D eigenvalue weighted by molar-refractivity contribution is -0.130. The summed E-state index contributed by atoms with van der Waals surface area (Å²) in [5.41, 5.74) is 0.515. The number of halogens is 2. The molecule has 0 spiro atoms. The average Bonchev–Trinajstić information content (AvgIpc) is 2.54. The molecule has 0 bridgehead atoms. The molecule has 3 nitrogen and oxygen atoms in total. The van der Waals surface area contributed by atoms with E-state index in [-0.39, 0.29) is 23.7 Å². The highest BCUT2D eigenvalue weighted by Gasteiger charge is 2.28. The van der Waals surface area contributed by atoms with Gasteiger partial charge in [-0.15, -0.1) is 0 Å². The van der Waals surface area contributed by atoms with E-state index in [2.05, 4.69) is 13.8 Å². The summed E-state index contributed by atoms with van der Waals surface area (Å²) in [6.07, 6.45) is 2.24. The molecule has 5 heteroatoms. The van der Waals surface area contributed by atoms with E-state index in [1.807, 2.05) is 0 Å². The van der Waals surface area contributed by atoms with Crippen molar-refractivity contribution in [3.63, 3.8) is 0 Å². The Morgan fingerprint density at radius 1 is 1.29 bits per heavy atom. The predicted molar refractivity (Wildman–Crippen MR) is 85.0 cm³/mol. The number of hydrogen-bond donors (Lipinski definition) is 0. The molecule has 0 saturated carbocycles. The number of likely N-dealkylation sites (tertiary alicyclic amines) is 1. The molecule has 0 atom stereocenters. The van der Waals surface area contributed by atoms with Gasteiger partial charge in [-0.3, -0.25) is 9.59 Å². The van der Waals surface area contributed by atoms with Crippen molar-refractivity contribution >= 4 is 34.9 Å². The van der Waals surface area contributed by atoms with E-state index in [1.54, 1.807) is 23.1 Å². The van der Waals surface area contributed by atoms with Crippen molar-refractivity contribution in [3.8, 4) is 0 Å². The molecule has 1 amide bonds. The first kappa shape index (κ1) is 16.3. The maximum absolute atomic E-state index is 12.4. The lowest BCUT2D eigenvalue weighted by Crippen LogP contribution is -2.35. The quantitative estimate of drug-likeness (QED) is 0.779. The Kier molecular flexibility index (Phi) is 4.95. The summed E-state index contributed by atoms with van der Waals surface area (Å²) in [7, 11) is 0. The Labute approximate surface area is 135 Å². The third-order valence-corrected chi connectivity index (χ3v) is 4.55. The summed E-state index contributed by atoms with van der Waals surface area (Å²) in [4.78, 5) is 26.1. The van der Waals surface area contributed by atoms with Gasteiger partial charge in [-0.05, 0) is 36.5 Å². The lowest BCUT2D eigenvalue weighted by Gasteiger charge is -2.23. The molecule has 1 aromatic carbocycles. The van der Waals surface area contributed by atoms with Crippen molar-refractivity contribution in [2.75, 3.05) is 13.1 Å². The molecule has 21 heavy (non-hydrogen) atoms. The van der Waals surface area contributed by atoms with Gasteiger partial charge in [0.25, 0.3) is 0 Å². The second-order valence-electron chi connectivity index (χ2n) is 6.28. The van der Waals surface area contributed by atoms with Gasteiger partial charge in [-0.25, -0.2) is 0 Å². The van der Waals surface area contributed by atoms with Crippen molar-refractivity contribution in [2.24, 2.45) is 5.41 Å². The van der Waals surface area contributed by atoms with Crippen LogP contribution in [0.15, 0.2) is 18.2 Å². The third-order valence-electron chi connectivity index (χ3n) is 3.99. The molecule has 1 heterocycles. The molecule has 0 aromatic heterocycles. The van der Waals surface area contributed by atoms with Crippen molar-refractivity contribution in [2.45, 2.75) is 33.1 Å². The largest absolute Gasteiger partial charge is 0.335 e. The van der Waals surface area contributed by atoms with E-state index in [4.69, 9.17) is 23.2 Å². The Balaban J connectivity index is 2.11. The Bertz CT molecular complexity index is 569. The van der Waals surface area contributed by atoms with Crippen LogP contribution in [0.4, 0.5) is 0 Å². The number of ketones is 1. The molecule has 1 aromatic rings. The number of amides is 1. The second kappa shape index (κ2) is 6.37. The molecule has 0 aliphatic carbocycles. The minimum Gasteiger partial charge on any atom is -0.335 e. The Morgan fingerprint density at radius 2 is 2.00 bits per heavy atom. The van der Waals surface area contributed by atoms with Crippen molar-refractivity contribution in [1.82, 2.24) is 4.90 Å².